The Morgan fingerprint density at radius 1 is 1.60 bits per heavy atom. The van der Waals surface area contributed by atoms with Crippen molar-refractivity contribution in [3.63, 3.8) is 0 Å². The summed E-state index contributed by atoms with van der Waals surface area (Å²) in [6, 6.07) is 0. The van der Waals surface area contributed by atoms with Gasteiger partial charge >= 0.3 is 0 Å². The van der Waals surface area contributed by atoms with Crippen molar-refractivity contribution in [3.05, 3.63) is 24.8 Å². The molecular weight excluding hydrogens is 124 g/mol. The Kier molecular flexibility index (Phi) is 4.95. The molecule has 0 heterocycles. The number of aliphatic hydroxyl groups excluding tert-OH is 1. The molecule has 1 heteroatoms. The molecule has 1 unspecified atom stereocenters. The lowest BCUT2D eigenvalue weighted by molar-refractivity contribution is 0.164. The first-order chi connectivity index (χ1) is 4.72. The highest BCUT2D eigenvalue weighted by Crippen LogP contribution is 2.08. The Hall–Kier alpha value is -0.560. The minimum Gasteiger partial charge on any atom is -0.389 e. The summed E-state index contributed by atoms with van der Waals surface area (Å²) in [4.78, 5) is 0. The second-order valence-electron chi connectivity index (χ2n) is 2.51. The van der Waals surface area contributed by atoms with Crippen LogP contribution in [0.15, 0.2) is 24.8 Å². The summed E-state index contributed by atoms with van der Waals surface area (Å²) in [5, 5.41) is 9.20. The third kappa shape index (κ3) is 3.46. The van der Waals surface area contributed by atoms with E-state index in [1.807, 2.05) is 19.9 Å². The number of rotatable bonds is 4. The average molecular weight is 140 g/mol. The predicted octanol–water partition coefficient (Wildman–Crippen LogP) is 2.14. The molecule has 2 atom stereocenters. The molecule has 1 nitrogen and oxygen atoms in total. The summed E-state index contributed by atoms with van der Waals surface area (Å²) in [5.41, 5.74) is 0. The van der Waals surface area contributed by atoms with E-state index < -0.39 is 0 Å². The van der Waals surface area contributed by atoms with Gasteiger partial charge in [0, 0.05) is 0 Å². The number of allylic oxidation sites excluding steroid dienone is 2. The summed E-state index contributed by atoms with van der Waals surface area (Å²) in [5.74, 6) is 0.286. The third-order valence-electron chi connectivity index (χ3n) is 1.57. The molecule has 0 aromatic carbocycles. The van der Waals surface area contributed by atoms with Crippen molar-refractivity contribution in [1.29, 1.82) is 0 Å². The molecule has 0 aliphatic rings. The summed E-state index contributed by atoms with van der Waals surface area (Å²) in [6.45, 7) is 7.50. The molecule has 1 N–H and O–H groups in total. The first-order valence-electron chi connectivity index (χ1n) is 3.64. The van der Waals surface area contributed by atoms with Crippen LogP contribution < -0.4 is 0 Å². The predicted molar refractivity (Wildman–Crippen MR) is 44.8 cm³/mol. The molecule has 0 spiro atoms. The Balaban J connectivity index is 3.60. The zero-order valence-electron chi connectivity index (χ0n) is 6.75. The lowest BCUT2D eigenvalue weighted by Crippen LogP contribution is -2.13. The molecule has 0 rings (SSSR count). The highest BCUT2D eigenvalue weighted by Gasteiger charge is 2.06. The Morgan fingerprint density at radius 3 is 2.60 bits per heavy atom. The zero-order chi connectivity index (χ0) is 7.98. The van der Waals surface area contributed by atoms with Gasteiger partial charge < -0.3 is 5.11 Å². The van der Waals surface area contributed by atoms with Crippen LogP contribution >= 0.6 is 0 Å². The lowest BCUT2D eigenvalue weighted by atomic mass is 10.0. The van der Waals surface area contributed by atoms with E-state index in [1.165, 1.54) is 0 Å². The van der Waals surface area contributed by atoms with Gasteiger partial charge in [0.15, 0.2) is 0 Å². The van der Waals surface area contributed by atoms with Crippen molar-refractivity contribution in [2.75, 3.05) is 0 Å². The molecule has 0 radical (unpaired) electrons. The van der Waals surface area contributed by atoms with Crippen LogP contribution in [0.2, 0.25) is 0 Å². The second-order valence-corrected chi connectivity index (χ2v) is 2.51. The van der Waals surface area contributed by atoms with Gasteiger partial charge in [-0.1, -0.05) is 25.2 Å². The first kappa shape index (κ1) is 9.44. The number of aliphatic hydroxyl groups is 1. The van der Waals surface area contributed by atoms with Gasteiger partial charge in [-0.05, 0) is 19.3 Å². The molecular formula is C9H16O. The zero-order valence-corrected chi connectivity index (χ0v) is 6.75. The fourth-order valence-electron chi connectivity index (χ4n) is 0.722. The average Bonchev–Trinajstić information content (AvgIpc) is 1.98. The van der Waals surface area contributed by atoms with Gasteiger partial charge in [-0.3, -0.25) is 0 Å². The molecule has 0 saturated heterocycles. The van der Waals surface area contributed by atoms with Crippen LogP contribution in [0.4, 0.5) is 0 Å². The highest BCUT2D eigenvalue weighted by atomic mass is 16.3. The van der Waals surface area contributed by atoms with Crippen molar-refractivity contribution < 1.29 is 5.11 Å². The summed E-state index contributed by atoms with van der Waals surface area (Å²) in [6.07, 6.45) is 6.18. The fourth-order valence-corrected chi connectivity index (χ4v) is 0.722. The molecule has 58 valence electrons. The van der Waals surface area contributed by atoms with Gasteiger partial charge in [-0.25, -0.2) is 0 Å². The Labute approximate surface area is 63.1 Å². The monoisotopic (exact) mass is 140 g/mol. The number of hydrogen-bond donors (Lipinski definition) is 1. The van der Waals surface area contributed by atoms with E-state index in [4.69, 9.17) is 0 Å². The van der Waals surface area contributed by atoms with E-state index in [0.29, 0.717) is 0 Å². The molecule has 0 amide bonds. The minimum absolute atomic E-state index is 0.286. The molecule has 0 aromatic heterocycles. The number of hydrogen-bond acceptors (Lipinski definition) is 1. The minimum atomic E-state index is -0.365. The van der Waals surface area contributed by atoms with Crippen molar-refractivity contribution in [3.8, 4) is 0 Å². The van der Waals surface area contributed by atoms with Gasteiger partial charge in [-0.15, -0.1) is 6.58 Å². The molecule has 0 bridgehead atoms. The summed E-state index contributed by atoms with van der Waals surface area (Å²) < 4.78 is 0. The van der Waals surface area contributed by atoms with E-state index in [9.17, 15) is 5.11 Å². The first-order valence-corrected chi connectivity index (χ1v) is 3.64. The van der Waals surface area contributed by atoms with Crippen LogP contribution in [0.1, 0.15) is 20.3 Å². The van der Waals surface area contributed by atoms with Gasteiger partial charge in [-0.2, -0.15) is 0 Å². The van der Waals surface area contributed by atoms with Crippen LogP contribution in [0, 0.1) is 5.92 Å². The quantitative estimate of drug-likeness (QED) is 0.593. The largest absolute Gasteiger partial charge is 0.389 e. The van der Waals surface area contributed by atoms with Crippen LogP contribution in [0.25, 0.3) is 0 Å². The molecule has 0 aliphatic heterocycles. The third-order valence-corrected chi connectivity index (χ3v) is 1.57. The maximum atomic E-state index is 9.20. The molecule has 0 aliphatic carbocycles. The highest BCUT2D eigenvalue weighted by molar-refractivity contribution is 4.87. The fraction of sp³-hybridized carbons (Fsp3) is 0.556. The van der Waals surface area contributed by atoms with Gasteiger partial charge in [0.1, 0.15) is 0 Å². The van der Waals surface area contributed by atoms with E-state index in [1.54, 1.807) is 6.08 Å². The van der Waals surface area contributed by atoms with Gasteiger partial charge in [0.25, 0.3) is 0 Å². The van der Waals surface area contributed by atoms with Crippen LogP contribution in [0.3, 0.4) is 0 Å². The summed E-state index contributed by atoms with van der Waals surface area (Å²) >= 11 is 0. The van der Waals surface area contributed by atoms with Crippen molar-refractivity contribution >= 4 is 0 Å². The maximum absolute atomic E-state index is 9.20. The van der Waals surface area contributed by atoms with Crippen LogP contribution in [-0.2, 0) is 0 Å². The smallest absolute Gasteiger partial charge is 0.0746 e. The van der Waals surface area contributed by atoms with E-state index in [0.717, 1.165) is 6.42 Å². The van der Waals surface area contributed by atoms with Gasteiger partial charge in [0.2, 0.25) is 0 Å². The standard InChI is InChI=1S/C9H16O/c1-4-6-7-8(3)9(10)5-2/h4-6,8-10H,2,7H2,1,3H3/b6-4-/t8?,9-/m1/s1. The maximum Gasteiger partial charge on any atom is 0.0746 e. The molecule has 0 aromatic rings. The molecule has 10 heavy (non-hydrogen) atoms. The van der Waals surface area contributed by atoms with Crippen LogP contribution in [0.5, 0.6) is 0 Å². The van der Waals surface area contributed by atoms with Gasteiger partial charge in [0.05, 0.1) is 6.10 Å². The van der Waals surface area contributed by atoms with E-state index in [2.05, 4.69) is 12.7 Å². The summed E-state index contributed by atoms with van der Waals surface area (Å²) in [7, 11) is 0. The van der Waals surface area contributed by atoms with E-state index in [-0.39, 0.29) is 12.0 Å². The SMILES string of the molecule is C=C[C@@H](O)C(C)C/C=C\C. The van der Waals surface area contributed by atoms with Crippen molar-refractivity contribution in [1.82, 2.24) is 0 Å². The normalized spacial score (nSPS) is 17.1. The lowest BCUT2D eigenvalue weighted by Gasteiger charge is -2.11. The van der Waals surface area contributed by atoms with Crippen molar-refractivity contribution in [2.45, 2.75) is 26.4 Å². The van der Waals surface area contributed by atoms with Crippen LogP contribution in [-0.4, -0.2) is 11.2 Å². The van der Waals surface area contributed by atoms with E-state index >= 15 is 0 Å². The molecule has 0 saturated carbocycles. The second kappa shape index (κ2) is 5.24. The van der Waals surface area contributed by atoms with Crippen molar-refractivity contribution in [2.24, 2.45) is 5.92 Å². The Bertz CT molecular complexity index is 116. The topological polar surface area (TPSA) is 20.2 Å². The Morgan fingerprint density at radius 2 is 2.20 bits per heavy atom. The molecule has 0 fully saturated rings.